The Balaban J connectivity index is 0.000000130. The van der Waals surface area contributed by atoms with E-state index in [0.717, 1.165) is 85.2 Å². The largest absolute Gasteiger partial charge is 0.325 e. The number of aromatic nitrogens is 3. The smallest absolute Gasteiger partial charge is 0.245 e. The fourth-order valence-electron chi connectivity index (χ4n) is 20.1. The summed E-state index contributed by atoms with van der Waals surface area (Å²) < 4.78 is 0. The second-order valence-corrected chi connectivity index (χ2v) is 35.1. The Labute approximate surface area is 710 Å². The molecular formula is C98H101N15O9. The molecule has 19 rings (SSSR count). The van der Waals surface area contributed by atoms with Gasteiger partial charge in [0.05, 0.1) is 46.5 Å². The van der Waals surface area contributed by atoms with Gasteiger partial charge in [0, 0.05) is 72.0 Å². The highest BCUT2D eigenvalue weighted by atomic mass is 16.2. The Bertz CT molecular complexity index is 5520. The molecule has 10 aromatic rings. The molecule has 9 atom stereocenters. The summed E-state index contributed by atoms with van der Waals surface area (Å²) in [5.41, 5.74) is 13.1. The predicted octanol–water partition coefficient (Wildman–Crippen LogP) is 12.1. The van der Waals surface area contributed by atoms with Crippen LogP contribution in [0.2, 0.25) is 0 Å². The third-order valence-corrected chi connectivity index (χ3v) is 26.1. The number of amides is 9. The van der Waals surface area contributed by atoms with Crippen molar-refractivity contribution in [1.29, 1.82) is 0 Å². The molecule has 6 N–H and O–H groups in total. The average Bonchev–Trinajstić information content (AvgIpc) is 1.60. The van der Waals surface area contributed by atoms with E-state index in [0.29, 0.717) is 105 Å². The molecule has 622 valence electrons. The number of carbonyl (C=O) groups excluding carboxylic acids is 9. The minimum Gasteiger partial charge on any atom is -0.325 e. The number of piperazine rings is 3. The maximum Gasteiger partial charge on any atom is 0.245 e. The van der Waals surface area contributed by atoms with E-state index < -0.39 is 22.3 Å². The molecule has 3 aliphatic carbocycles. The summed E-state index contributed by atoms with van der Waals surface area (Å²) in [7, 11) is 5.95. The zero-order valence-corrected chi connectivity index (χ0v) is 69.7. The first-order chi connectivity index (χ1) is 58.9. The number of hydrogen-bond donors (Lipinski definition) is 6. The lowest BCUT2D eigenvalue weighted by molar-refractivity contribution is -0.148. The highest BCUT2D eigenvalue weighted by Crippen LogP contribution is 2.51. The maximum absolute atomic E-state index is 14.0. The molecule has 9 aliphatic rings. The lowest BCUT2D eigenvalue weighted by atomic mass is 9.79. The van der Waals surface area contributed by atoms with Gasteiger partial charge in [-0.2, -0.15) is 0 Å². The number of likely N-dealkylation sites (N-methyl/N-ethyl adjacent to an activating group) is 3. The van der Waals surface area contributed by atoms with Crippen LogP contribution >= 0.6 is 0 Å². The number of nitrogens with zero attached hydrogens (tertiary/aromatic N) is 9. The Morgan fingerprint density at radius 1 is 0.361 bits per heavy atom. The SMILES string of the molecule is CC(C)CC1C(=O)N(CC(=O)Nc2ccc3c(c2)CC2(C3)C(=O)Nc3ncccc32)C(c2ccccc2)CN1C.CC(C)CC1C(=O)N(CC(=O)Nc2ccc3c(c2)CC2(C3)C(=O)Nc3ncccc32)C(c2ccccc2)CN1C.CN1CC(c2ccccc2)N(CC(=O)Nc2ccc3c(c2)CC2(C3)C(=O)Nc3ncccc32)C(=O)C1c1ccccc1. The summed E-state index contributed by atoms with van der Waals surface area (Å²) in [5, 5.41) is 17.9. The highest BCUT2D eigenvalue weighted by molar-refractivity contribution is 6.09. The molecule has 24 nitrogen and oxygen atoms in total. The molecule has 24 heteroatoms. The second kappa shape index (κ2) is 33.6. The van der Waals surface area contributed by atoms with Gasteiger partial charge >= 0.3 is 0 Å². The normalized spacial score (nSPS) is 23.6. The predicted molar refractivity (Wildman–Crippen MR) is 467 cm³/mol. The fourth-order valence-corrected chi connectivity index (χ4v) is 20.1. The van der Waals surface area contributed by atoms with Crippen LogP contribution in [0.3, 0.4) is 0 Å². The van der Waals surface area contributed by atoms with E-state index in [4.69, 9.17) is 0 Å². The Morgan fingerprint density at radius 2 is 0.648 bits per heavy atom. The number of hydrogen-bond acceptors (Lipinski definition) is 15. The highest BCUT2D eigenvalue weighted by Gasteiger charge is 2.55. The molecule has 9 heterocycles. The van der Waals surface area contributed by atoms with Crippen LogP contribution in [-0.4, -0.2) is 170 Å². The van der Waals surface area contributed by atoms with Gasteiger partial charge in [-0.3, -0.25) is 57.9 Å². The number of rotatable bonds is 17. The molecule has 7 aromatic carbocycles. The summed E-state index contributed by atoms with van der Waals surface area (Å²) in [6.45, 7) is 10.3. The maximum atomic E-state index is 14.0. The Hall–Kier alpha value is -12.9. The minimum absolute atomic E-state index is 0.0122. The number of nitrogens with one attached hydrogen (secondary N) is 6. The molecule has 122 heavy (non-hydrogen) atoms. The van der Waals surface area contributed by atoms with Crippen LogP contribution < -0.4 is 31.9 Å². The molecular weight excluding hydrogens is 1530 g/mol. The van der Waals surface area contributed by atoms with Crippen molar-refractivity contribution >= 4 is 87.7 Å². The van der Waals surface area contributed by atoms with E-state index in [9.17, 15) is 43.2 Å². The number of fused-ring (bicyclic) bond motifs is 9. The van der Waals surface area contributed by atoms with Gasteiger partial charge in [-0.25, -0.2) is 15.0 Å². The standard InChI is InChI=1S/C34H31N5O3.2C32H35N5O3/c1-38-20-28(22-9-4-2-5-10-22)39(32(41)30(38)23-11-6-3-7-12-23)21-29(40)36-26-15-14-24-18-34(19-25(24)17-26)27-13-8-16-35-31(27)37-33(34)42;2*1-20(2)14-26-30(39)37(27(18-36(26)3)21-8-5-4-6-9-21)19-28(38)34-24-12-11-22-16-32(17-23(22)15-24)25-10-7-13-33-29(25)35-31(32)40/h2-17,28,30H,18-21H2,1H3,(H,36,40)(H,35,37,42);2*4-13,15,20,26-27H,14,16-19H2,1-3H3,(H,34,38)(H,33,35,40). The second-order valence-electron chi connectivity index (χ2n) is 35.1. The van der Waals surface area contributed by atoms with Gasteiger partial charge in [0.25, 0.3) is 0 Å². The molecule has 3 aromatic heterocycles. The summed E-state index contributed by atoms with van der Waals surface area (Å²) in [4.78, 5) is 145. The van der Waals surface area contributed by atoms with Crippen molar-refractivity contribution in [3.8, 4) is 0 Å². The first kappa shape index (κ1) is 81.5. The number of anilines is 6. The van der Waals surface area contributed by atoms with E-state index in [1.807, 2.05) is 233 Å². The van der Waals surface area contributed by atoms with Crippen molar-refractivity contribution in [2.75, 3.05) is 92.3 Å². The quantitative estimate of drug-likeness (QED) is 0.0494. The lowest BCUT2D eigenvalue weighted by Gasteiger charge is -2.44. The summed E-state index contributed by atoms with van der Waals surface area (Å²) in [6.07, 6.45) is 10.0. The van der Waals surface area contributed by atoms with Crippen LogP contribution in [0, 0.1) is 11.8 Å². The van der Waals surface area contributed by atoms with Crippen molar-refractivity contribution < 1.29 is 43.2 Å². The third kappa shape index (κ3) is 15.7. The molecule has 9 amide bonds. The van der Waals surface area contributed by atoms with Gasteiger partial charge in [0.15, 0.2) is 0 Å². The summed E-state index contributed by atoms with van der Waals surface area (Å²) in [6, 6.07) is 66.8. The Morgan fingerprint density at radius 3 is 0.959 bits per heavy atom. The van der Waals surface area contributed by atoms with Crippen LogP contribution in [0.25, 0.3) is 0 Å². The molecule has 6 aliphatic heterocycles. The molecule has 3 spiro atoms. The van der Waals surface area contributed by atoms with Gasteiger partial charge in [-0.1, -0.05) is 185 Å². The molecule has 3 fully saturated rings. The number of pyridine rings is 3. The molecule has 0 bridgehead atoms. The summed E-state index contributed by atoms with van der Waals surface area (Å²) in [5.74, 6) is 1.67. The van der Waals surface area contributed by atoms with Crippen molar-refractivity contribution in [3.63, 3.8) is 0 Å². The van der Waals surface area contributed by atoms with Crippen molar-refractivity contribution in [1.82, 2.24) is 44.4 Å². The van der Waals surface area contributed by atoms with Crippen molar-refractivity contribution in [2.24, 2.45) is 11.8 Å². The van der Waals surface area contributed by atoms with Gasteiger partial charge in [-0.15, -0.1) is 0 Å². The van der Waals surface area contributed by atoms with Gasteiger partial charge < -0.3 is 46.6 Å². The van der Waals surface area contributed by atoms with Crippen LogP contribution in [-0.2, 0) is 97.9 Å². The van der Waals surface area contributed by atoms with E-state index in [1.165, 1.54) is 0 Å². The van der Waals surface area contributed by atoms with Gasteiger partial charge in [0.1, 0.15) is 43.1 Å². The minimum atomic E-state index is -0.670. The lowest BCUT2D eigenvalue weighted by Crippen LogP contribution is -2.58. The molecule has 3 saturated heterocycles. The first-order valence-corrected chi connectivity index (χ1v) is 42.2. The summed E-state index contributed by atoms with van der Waals surface area (Å²) >= 11 is 0. The van der Waals surface area contributed by atoms with Crippen LogP contribution in [0.1, 0.15) is 137 Å². The number of carbonyl (C=O) groups is 9. The van der Waals surface area contributed by atoms with Gasteiger partial charge in [-0.05, 0) is 195 Å². The van der Waals surface area contributed by atoms with E-state index in [1.54, 1.807) is 33.3 Å². The third-order valence-electron chi connectivity index (χ3n) is 26.1. The van der Waals surface area contributed by atoms with Crippen LogP contribution in [0.4, 0.5) is 34.5 Å². The monoisotopic (exact) mass is 1630 g/mol. The first-order valence-electron chi connectivity index (χ1n) is 42.2. The van der Waals surface area contributed by atoms with E-state index >= 15 is 0 Å². The zero-order chi connectivity index (χ0) is 84.9. The average molecular weight is 1630 g/mol. The molecule has 0 radical (unpaired) electrons. The fraction of sp³-hybridized carbons (Fsp3) is 0.327. The van der Waals surface area contributed by atoms with E-state index in [2.05, 4.69) is 89.2 Å². The van der Waals surface area contributed by atoms with E-state index in [-0.39, 0.29) is 103 Å². The topological polar surface area (TPSA) is 284 Å². The zero-order valence-electron chi connectivity index (χ0n) is 69.7. The van der Waals surface area contributed by atoms with Crippen LogP contribution in [0.5, 0.6) is 0 Å². The molecule has 9 unspecified atom stereocenters. The van der Waals surface area contributed by atoms with Gasteiger partial charge in [0.2, 0.25) is 53.2 Å². The van der Waals surface area contributed by atoms with Crippen LogP contribution in [0.15, 0.2) is 231 Å². The Kier molecular flexibility index (Phi) is 22.4. The molecule has 0 saturated carbocycles. The number of benzene rings is 7. The van der Waals surface area contributed by atoms with Crippen molar-refractivity contribution in [3.05, 3.63) is 303 Å². The van der Waals surface area contributed by atoms with Crippen molar-refractivity contribution in [2.45, 2.75) is 132 Å².